The Balaban J connectivity index is 2.16. The average Bonchev–Trinajstić information content (AvgIpc) is 2.41. The Kier molecular flexibility index (Phi) is 2.90. The average molecular weight is 252 g/mol. The van der Waals surface area contributed by atoms with Gasteiger partial charge in [-0.05, 0) is 56.1 Å². The van der Waals surface area contributed by atoms with Crippen LogP contribution in [0.25, 0.3) is 0 Å². The standard InChI is InChI=1S/C17H20N2/c1-17(2)12-14-6-4-5-7-15(14)16(19(17)3)13-8-10-18-11-9-13/h4-11,16H,12H2,1-3H3. The summed E-state index contributed by atoms with van der Waals surface area (Å²) < 4.78 is 0. The normalized spacial score (nSPS) is 21.9. The number of hydrogen-bond acceptors (Lipinski definition) is 2. The Morgan fingerprint density at radius 2 is 1.79 bits per heavy atom. The molecule has 1 unspecified atom stereocenters. The van der Waals surface area contributed by atoms with Gasteiger partial charge in [-0.3, -0.25) is 9.88 Å². The monoisotopic (exact) mass is 252 g/mol. The molecule has 0 aliphatic carbocycles. The molecular formula is C17H20N2. The Hall–Kier alpha value is -1.67. The Morgan fingerprint density at radius 3 is 2.53 bits per heavy atom. The molecule has 3 rings (SSSR count). The SMILES string of the molecule is CN1C(c2ccncc2)c2ccccc2CC1(C)C. The summed E-state index contributed by atoms with van der Waals surface area (Å²) in [5.74, 6) is 0. The molecule has 2 heterocycles. The highest BCUT2D eigenvalue weighted by molar-refractivity contribution is 5.40. The summed E-state index contributed by atoms with van der Waals surface area (Å²) in [4.78, 5) is 6.62. The largest absolute Gasteiger partial charge is 0.290 e. The van der Waals surface area contributed by atoms with Gasteiger partial charge in [0, 0.05) is 17.9 Å². The maximum atomic E-state index is 4.14. The number of likely N-dealkylation sites (N-methyl/N-ethyl adjacent to an activating group) is 1. The summed E-state index contributed by atoms with van der Waals surface area (Å²) in [6, 6.07) is 13.4. The van der Waals surface area contributed by atoms with E-state index >= 15 is 0 Å². The van der Waals surface area contributed by atoms with Crippen LogP contribution in [-0.4, -0.2) is 22.5 Å². The zero-order chi connectivity index (χ0) is 13.5. The number of aromatic nitrogens is 1. The number of nitrogens with zero attached hydrogens (tertiary/aromatic N) is 2. The second-order valence-corrected chi connectivity index (χ2v) is 5.98. The topological polar surface area (TPSA) is 16.1 Å². The molecule has 2 aromatic rings. The quantitative estimate of drug-likeness (QED) is 0.773. The minimum atomic E-state index is 0.169. The maximum absolute atomic E-state index is 4.14. The predicted molar refractivity (Wildman–Crippen MR) is 78.1 cm³/mol. The van der Waals surface area contributed by atoms with Gasteiger partial charge in [0.15, 0.2) is 0 Å². The summed E-state index contributed by atoms with van der Waals surface area (Å²) in [5, 5.41) is 0. The van der Waals surface area contributed by atoms with Gasteiger partial charge in [0.1, 0.15) is 0 Å². The van der Waals surface area contributed by atoms with Crippen LogP contribution in [0.1, 0.15) is 36.6 Å². The van der Waals surface area contributed by atoms with E-state index < -0.39 is 0 Å². The van der Waals surface area contributed by atoms with Crippen LogP contribution in [0.3, 0.4) is 0 Å². The summed E-state index contributed by atoms with van der Waals surface area (Å²) >= 11 is 0. The summed E-state index contributed by atoms with van der Waals surface area (Å²) in [6.45, 7) is 4.63. The third-order valence-electron chi connectivity index (χ3n) is 4.34. The second-order valence-electron chi connectivity index (χ2n) is 5.98. The first-order valence-electron chi connectivity index (χ1n) is 6.80. The second kappa shape index (κ2) is 4.46. The van der Waals surface area contributed by atoms with E-state index in [0.29, 0.717) is 6.04 Å². The van der Waals surface area contributed by atoms with E-state index in [1.54, 1.807) is 0 Å². The van der Waals surface area contributed by atoms with Gasteiger partial charge in [-0.1, -0.05) is 24.3 Å². The molecule has 1 aromatic carbocycles. The lowest BCUT2D eigenvalue weighted by Crippen LogP contribution is -2.49. The lowest BCUT2D eigenvalue weighted by atomic mass is 9.80. The molecule has 1 atom stereocenters. The minimum absolute atomic E-state index is 0.169. The van der Waals surface area contributed by atoms with Crippen molar-refractivity contribution >= 4 is 0 Å². The highest BCUT2D eigenvalue weighted by Crippen LogP contribution is 2.40. The van der Waals surface area contributed by atoms with Crippen molar-refractivity contribution in [2.45, 2.75) is 31.8 Å². The number of fused-ring (bicyclic) bond motifs is 1. The van der Waals surface area contributed by atoms with E-state index in [9.17, 15) is 0 Å². The fourth-order valence-electron chi connectivity index (χ4n) is 3.06. The molecular weight excluding hydrogens is 232 g/mol. The molecule has 1 aromatic heterocycles. The van der Waals surface area contributed by atoms with Gasteiger partial charge in [-0.15, -0.1) is 0 Å². The smallest absolute Gasteiger partial charge is 0.0607 e. The van der Waals surface area contributed by atoms with E-state index in [0.717, 1.165) is 6.42 Å². The van der Waals surface area contributed by atoms with Gasteiger partial charge in [0.2, 0.25) is 0 Å². The Labute approximate surface area is 115 Å². The van der Waals surface area contributed by atoms with E-state index in [1.807, 2.05) is 12.4 Å². The number of rotatable bonds is 1. The van der Waals surface area contributed by atoms with Gasteiger partial charge in [0.05, 0.1) is 6.04 Å². The van der Waals surface area contributed by atoms with Gasteiger partial charge >= 0.3 is 0 Å². The van der Waals surface area contributed by atoms with Crippen LogP contribution in [0.15, 0.2) is 48.8 Å². The van der Waals surface area contributed by atoms with Crippen LogP contribution >= 0.6 is 0 Å². The van der Waals surface area contributed by atoms with E-state index in [1.165, 1.54) is 16.7 Å². The molecule has 0 N–H and O–H groups in total. The van der Waals surface area contributed by atoms with Crippen molar-refractivity contribution in [2.75, 3.05) is 7.05 Å². The van der Waals surface area contributed by atoms with Crippen LogP contribution in [0, 0.1) is 0 Å². The first kappa shape index (κ1) is 12.4. The fourth-order valence-corrected chi connectivity index (χ4v) is 3.06. The van der Waals surface area contributed by atoms with E-state index in [4.69, 9.17) is 0 Å². The zero-order valence-electron chi connectivity index (χ0n) is 11.8. The first-order valence-corrected chi connectivity index (χ1v) is 6.80. The van der Waals surface area contributed by atoms with Crippen molar-refractivity contribution in [1.29, 1.82) is 0 Å². The number of hydrogen-bond donors (Lipinski definition) is 0. The third-order valence-corrected chi connectivity index (χ3v) is 4.34. The van der Waals surface area contributed by atoms with Crippen molar-refractivity contribution < 1.29 is 0 Å². The Morgan fingerprint density at radius 1 is 1.11 bits per heavy atom. The molecule has 0 fully saturated rings. The van der Waals surface area contributed by atoms with Gasteiger partial charge in [-0.2, -0.15) is 0 Å². The maximum Gasteiger partial charge on any atom is 0.0607 e. The molecule has 0 saturated carbocycles. The van der Waals surface area contributed by atoms with Crippen molar-refractivity contribution in [3.63, 3.8) is 0 Å². The molecule has 0 radical (unpaired) electrons. The van der Waals surface area contributed by atoms with Crippen LogP contribution < -0.4 is 0 Å². The van der Waals surface area contributed by atoms with Gasteiger partial charge < -0.3 is 0 Å². The molecule has 98 valence electrons. The lowest BCUT2D eigenvalue weighted by molar-refractivity contribution is 0.105. The molecule has 2 nitrogen and oxygen atoms in total. The molecule has 0 saturated heterocycles. The molecule has 2 heteroatoms. The summed E-state index contributed by atoms with van der Waals surface area (Å²) in [7, 11) is 2.22. The van der Waals surface area contributed by atoms with Crippen molar-refractivity contribution in [3.8, 4) is 0 Å². The zero-order valence-corrected chi connectivity index (χ0v) is 11.8. The highest BCUT2D eigenvalue weighted by atomic mass is 15.2. The predicted octanol–water partition coefficient (Wildman–Crippen LogP) is 3.44. The first-order chi connectivity index (χ1) is 9.09. The minimum Gasteiger partial charge on any atom is -0.290 e. The molecule has 1 aliphatic rings. The van der Waals surface area contributed by atoms with Crippen molar-refractivity contribution in [3.05, 3.63) is 65.5 Å². The van der Waals surface area contributed by atoms with Crippen LogP contribution in [0.4, 0.5) is 0 Å². The number of benzene rings is 1. The van der Waals surface area contributed by atoms with Gasteiger partial charge in [0.25, 0.3) is 0 Å². The van der Waals surface area contributed by atoms with E-state index in [-0.39, 0.29) is 5.54 Å². The molecule has 19 heavy (non-hydrogen) atoms. The van der Waals surface area contributed by atoms with Gasteiger partial charge in [-0.25, -0.2) is 0 Å². The van der Waals surface area contributed by atoms with Crippen LogP contribution in [0.2, 0.25) is 0 Å². The lowest BCUT2D eigenvalue weighted by Gasteiger charge is -2.46. The summed E-state index contributed by atoms with van der Waals surface area (Å²) in [6.07, 6.45) is 4.86. The molecule has 0 spiro atoms. The highest BCUT2D eigenvalue weighted by Gasteiger charge is 2.37. The molecule has 1 aliphatic heterocycles. The molecule has 0 amide bonds. The van der Waals surface area contributed by atoms with Crippen LogP contribution in [-0.2, 0) is 6.42 Å². The number of pyridine rings is 1. The third kappa shape index (κ3) is 2.06. The molecule has 0 bridgehead atoms. The van der Waals surface area contributed by atoms with E-state index in [2.05, 4.69) is 67.2 Å². The van der Waals surface area contributed by atoms with Crippen molar-refractivity contribution in [2.24, 2.45) is 0 Å². The summed E-state index contributed by atoms with van der Waals surface area (Å²) in [5.41, 5.74) is 4.38. The van der Waals surface area contributed by atoms with Crippen LogP contribution in [0.5, 0.6) is 0 Å². The Bertz CT molecular complexity index is 575. The fraction of sp³-hybridized carbons (Fsp3) is 0.353. The van der Waals surface area contributed by atoms with Crippen molar-refractivity contribution in [1.82, 2.24) is 9.88 Å².